The summed E-state index contributed by atoms with van der Waals surface area (Å²) in [7, 11) is 0. The van der Waals surface area contributed by atoms with Gasteiger partial charge in [-0.25, -0.2) is 0 Å². The first kappa shape index (κ1) is 18.4. The molecule has 136 valence electrons. The van der Waals surface area contributed by atoms with E-state index in [0.29, 0.717) is 4.88 Å². The molecule has 2 N–H and O–H groups in total. The first-order valence-corrected chi connectivity index (χ1v) is 9.91. The van der Waals surface area contributed by atoms with E-state index in [4.69, 9.17) is 0 Å². The van der Waals surface area contributed by atoms with Gasteiger partial charge in [-0.1, -0.05) is 0 Å². The van der Waals surface area contributed by atoms with Crippen LogP contribution in [0.3, 0.4) is 0 Å². The number of fused-ring (bicyclic) bond motifs is 1. The van der Waals surface area contributed by atoms with Crippen LogP contribution in [0.25, 0.3) is 0 Å². The molecule has 9 heteroatoms. The SMILES string of the molecule is O=C(CSc1ccc([N+](=O)[O-])cc1)NNC(=O)c1cc2c(s1)CCCC2. The van der Waals surface area contributed by atoms with Crippen molar-refractivity contribution < 1.29 is 14.5 Å². The van der Waals surface area contributed by atoms with Gasteiger partial charge in [0.05, 0.1) is 15.6 Å². The number of amides is 2. The van der Waals surface area contributed by atoms with Crippen LogP contribution >= 0.6 is 23.1 Å². The third-order valence-corrected chi connectivity index (χ3v) is 6.20. The molecule has 1 aliphatic carbocycles. The number of nitro groups is 1. The molecule has 0 atom stereocenters. The van der Waals surface area contributed by atoms with Gasteiger partial charge in [0.15, 0.2) is 0 Å². The smallest absolute Gasteiger partial charge is 0.272 e. The maximum Gasteiger partial charge on any atom is 0.279 e. The summed E-state index contributed by atoms with van der Waals surface area (Å²) >= 11 is 2.72. The van der Waals surface area contributed by atoms with Crippen LogP contribution in [-0.2, 0) is 17.6 Å². The number of aryl methyl sites for hydroxylation is 2. The second kappa shape index (κ2) is 8.33. The predicted octanol–water partition coefficient (Wildman–Crippen LogP) is 3.09. The lowest BCUT2D eigenvalue weighted by Crippen LogP contribution is -2.42. The summed E-state index contributed by atoms with van der Waals surface area (Å²) in [5, 5.41) is 10.6. The first-order chi connectivity index (χ1) is 12.5. The molecular weight excluding hydrogens is 374 g/mol. The Morgan fingerprint density at radius 3 is 2.58 bits per heavy atom. The average molecular weight is 391 g/mol. The van der Waals surface area contributed by atoms with Gasteiger partial charge in [0, 0.05) is 21.9 Å². The fourth-order valence-corrected chi connectivity index (χ4v) is 4.49. The molecule has 7 nitrogen and oxygen atoms in total. The Hall–Kier alpha value is -2.39. The Kier molecular flexibility index (Phi) is 5.89. The quantitative estimate of drug-likeness (QED) is 0.463. The molecule has 2 amide bonds. The third kappa shape index (κ3) is 4.61. The number of hydrazine groups is 1. The fourth-order valence-electron chi connectivity index (χ4n) is 2.64. The average Bonchev–Trinajstić information content (AvgIpc) is 3.09. The van der Waals surface area contributed by atoms with Gasteiger partial charge >= 0.3 is 0 Å². The summed E-state index contributed by atoms with van der Waals surface area (Å²) in [6.07, 6.45) is 4.34. The highest BCUT2D eigenvalue weighted by molar-refractivity contribution is 8.00. The number of rotatable bonds is 5. The zero-order chi connectivity index (χ0) is 18.5. The lowest BCUT2D eigenvalue weighted by molar-refractivity contribution is -0.384. The molecule has 2 aromatic rings. The van der Waals surface area contributed by atoms with E-state index in [1.807, 2.05) is 6.07 Å². The van der Waals surface area contributed by atoms with Gasteiger partial charge in [0.25, 0.3) is 11.6 Å². The van der Waals surface area contributed by atoms with E-state index in [9.17, 15) is 19.7 Å². The summed E-state index contributed by atoms with van der Waals surface area (Å²) in [6, 6.07) is 7.86. The third-order valence-electron chi connectivity index (χ3n) is 3.95. The molecule has 0 aliphatic heterocycles. The molecule has 1 aliphatic rings. The van der Waals surface area contributed by atoms with Crippen LogP contribution in [0.15, 0.2) is 35.2 Å². The molecule has 0 saturated heterocycles. The lowest BCUT2D eigenvalue weighted by atomic mass is 9.99. The Labute approximate surface area is 158 Å². The normalized spacial score (nSPS) is 12.9. The van der Waals surface area contributed by atoms with E-state index in [2.05, 4.69) is 10.9 Å². The van der Waals surface area contributed by atoms with Crippen molar-refractivity contribution in [3.8, 4) is 0 Å². The highest BCUT2D eigenvalue weighted by atomic mass is 32.2. The van der Waals surface area contributed by atoms with Gasteiger partial charge in [-0.05, 0) is 49.4 Å². The second-order valence-electron chi connectivity index (χ2n) is 5.81. The summed E-state index contributed by atoms with van der Waals surface area (Å²) in [6.45, 7) is 0. The highest BCUT2D eigenvalue weighted by Gasteiger charge is 2.17. The number of thioether (sulfide) groups is 1. The van der Waals surface area contributed by atoms with Gasteiger partial charge < -0.3 is 0 Å². The highest BCUT2D eigenvalue weighted by Crippen LogP contribution is 2.29. The minimum Gasteiger partial charge on any atom is -0.272 e. The summed E-state index contributed by atoms with van der Waals surface area (Å²) in [4.78, 5) is 36.8. The van der Waals surface area contributed by atoms with Gasteiger partial charge in [-0.15, -0.1) is 23.1 Å². The van der Waals surface area contributed by atoms with E-state index in [1.165, 1.54) is 45.7 Å². The van der Waals surface area contributed by atoms with Crippen LogP contribution < -0.4 is 10.9 Å². The van der Waals surface area contributed by atoms with E-state index in [-0.39, 0.29) is 23.3 Å². The number of hydrogen-bond donors (Lipinski definition) is 2. The number of non-ortho nitro benzene ring substituents is 1. The van der Waals surface area contributed by atoms with Gasteiger partial charge in [0.2, 0.25) is 5.91 Å². The minimum atomic E-state index is -0.473. The van der Waals surface area contributed by atoms with E-state index >= 15 is 0 Å². The van der Waals surface area contributed by atoms with Gasteiger partial charge in [-0.2, -0.15) is 0 Å². The van der Waals surface area contributed by atoms with Crippen molar-refractivity contribution in [3.63, 3.8) is 0 Å². The van der Waals surface area contributed by atoms with E-state index in [1.54, 1.807) is 12.1 Å². The number of nitrogens with zero attached hydrogens (tertiary/aromatic N) is 1. The van der Waals surface area contributed by atoms with Crippen molar-refractivity contribution in [2.45, 2.75) is 30.6 Å². The number of carbonyl (C=O) groups is 2. The topological polar surface area (TPSA) is 101 Å². The number of nitrogens with one attached hydrogen (secondary N) is 2. The largest absolute Gasteiger partial charge is 0.279 e. The molecule has 26 heavy (non-hydrogen) atoms. The summed E-state index contributed by atoms with van der Waals surface area (Å²) < 4.78 is 0. The van der Waals surface area contributed by atoms with Crippen molar-refractivity contribution in [1.29, 1.82) is 0 Å². The maximum absolute atomic E-state index is 12.2. The second-order valence-corrected chi connectivity index (χ2v) is 7.99. The van der Waals surface area contributed by atoms with Gasteiger partial charge in [0.1, 0.15) is 0 Å². The monoisotopic (exact) mass is 391 g/mol. The van der Waals surface area contributed by atoms with Crippen molar-refractivity contribution in [2.75, 3.05) is 5.75 Å². The molecule has 0 spiro atoms. The predicted molar refractivity (Wildman–Crippen MR) is 100 cm³/mol. The molecule has 0 unspecified atom stereocenters. The molecule has 1 heterocycles. The zero-order valence-corrected chi connectivity index (χ0v) is 15.5. The number of nitro benzene ring substituents is 1. The van der Waals surface area contributed by atoms with Gasteiger partial charge in [-0.3, -0.25) is 30.6 Å². The molecule has 0 bridgehead atoms. The van der Waals surface area contributed by atoms with Crippen molar-refractivity contribution in [2.24, 2.45) is 0 Å². The standard InChI is InChI=1S/C17H17N3O4S2/c21-16(10-25-13-7-5-12(6-8-13)20(23)24)18-19-17(22)15-9-11-3-1-2-4-14(11)26-15/h5-9H,1-4,10H2,(H,18,21)(H,19,22). The lowest BCUT2D eigenvalue weighted by Gasteiger charge is -2.08. The Bertz CT molecular complexity index is 810. The van der Waals surface area contributed by atoms with Crippen molar-refractivity contribution >= 4 is 40.6 Å². The number of hydrogen-bond acceptors (Lipinski definition) is 6. The number of thiophene rings is 1. The number of benzene rings is 1. The molecule has 1 aromatic heterocycles. The molecule has 0 radical (unpaired) electrons. The zero-order valence-electron chi connectivity index (χ0n) is 13.8. The molecule has 0 fully saturated rings. The fraction of sp³-hybridized carbons (Fsp3) is 0.294. The van der Waals surface area contributed by atoms with Crippen LogP contribution in [0.5, 0.6) is 0 Å². The van der Waals surface area contributed by atoms with Crippen LogP contribution in [0.1, 0.15) is 33.0 Å². The van der Waals surface area contributed by atoms with Crippen LogP contribution in [0, 0.1) is 10.1 Å². The molecule has 3 rings (SSSR count). The summed E-state index contributed by atoms with van der Waals surface area (Å²) in [5.41, 5.74) is 6.08. The van der Waals surface area contributed by atoms with Crippen LogP contribution in [0.2, 0.25) is 0 Å². The van der Waals surface area contributed by atoms with Crippen LogP contribution in [-0.4, -0.2) is 22.5 Å². The summed E-state index contributed by atoms with van der Waals surface area (Å²) in [5.74, 6) is -0.555. The maximum atomic E-state index is 12.2. The van der Waals surface area contributed by atoms with E-state index < -0.39 is 4.92 Å². The van der Waals surface area contributed by atoms with Crippen LogP contribution in [0.4, 0.5) is 5.69 Å². The Morgan fingerprint density at radius 2 is 1.88 bits per heavy atom. The minimum absolute atomic E-state index is 0.00436. The number of carbonyl (C=O) groups excluding carboxylic acids is 2. The Morgan fingerprint density at radius 1 is 1.15 bits per heavy atom. The van der Waals surface area contributed by atoms with E-state index in [0.717, 1.165) is 30.6 Å². The molecule has 0 saturated carbocycles. The van der Waals surface area contributed by atoms with Crippen molar-refractivity contribution in [3.05, 3.63) is 55.8 Å². The first-order valence-electron chi connectivity index (χ1n) is 8.11. The van der Waals surface area contributed by atoms with Crippen molar-refractivity contribution in [1.82, 2.24) is 10.9 Å². The Balaban J connectivity index is 1.45. The molecule has 1 aromatic carbocycles. The molecular formula is C17H17N3O4S2.